The van der Waals surface area contributed by atoms with Gasteiger partial charge in [0.2, 0.25) is 0 Å². The van der Waals surface area contributed by atoms with Crippen molar-refractivity contribution in [3.8, 4) is 0 Å². The minimum absolute atomic E-state index is 0.608. The van der Waals surface area contributed by atoms with E-state index in [1.165, 1.54) is 58.0 Å². The molecular weight excluding hydrogens is 200 g/mol. The second-order valence-corrected chi connectivity index (χ2v) is 5.81. The molecule has 2 aliphatic carbocycles. The van der Waals surface area contributed by atoms with Gasteiger partial charge in [-0.25, -0.2) is 0 Å². The number of likely N-dealkylation sites (tertiary alicyclic amines) is 1. The van der Waals surface area contributed by atoms with Crippen LogP contribution in [0.5, 0.6) is 0 Å². The standard InChI is InChI=1S/C13H22N2O/c16-14-13-10-4-6-11(13)12(7-5-10)15-8-2-1-3-9-15/h10-12,16H,1-9H2/p+1/t10-,11-,12-/m0/s1. The number of nitrogens with one attached hydrogen (secondary N) is 1. The highest BCUT2D eigenvalue weighted by Crippen LogP contribution is 2.39. The van der Waals surface area contributed by atoms with Crippen LogP contribution in [0, 0.1) is 11.8 Å². The first-order valence-corrected chi connectivity index (χ1v) is 6.96. The van der Waals surface area contributed by atoms with Gasteiger partial charge in [-0.1, -0.05) is 5.16 Å². The Kier molecular flexibility index (Phi) is 2.88. The Balaban J connectivity index is 1.75. The van der Waals surface area contributed by atoms with Crippen molar-refractivity contribution in [3.05, 3.63) is 0 Å². The molecule has 2 bridgehead atoms. The van der Waals surface area contributed by atoms with E-state index >= 15 is 0 Å². The smallest absolute Gasteiger partial charge is 0.0957 e. The van der Waals surface area contributed by atoms with Crippen molar-refractivity contribution in [3.63, 3.8) is 0 Å². The van der Waals surface area contributed by atoms with E-state index in [2.05, 4.69) is 5.16 Å². The van der Waals surface area contributed by atoms with E-state index in [1.54, 1.807) is 4.90 Å². The van der Waals surface area contributed by atoms with Gasteiger partial charge in [-0.15, -0.1) is 0 Å². The fraction of sp³-hybridized carbons (Fsp3) is 0.923. The Morgan fingerprint density at radius 1 is 1.00 bits per heavy atom. The monoisotopic (exact) mass is 223 g/mol. The summed E-state index contributed by atoms with van der Waals surface area (Å²) in [6.45, 7) is 2.70. The molecule has 3 aliphatic rings. The predicted molar refractivity (Wildman–Crippen MR) is 63.0 cm³/mol. The van der Waals surface area contributed by atoms with Crippen LogP contribution >= 0.6 is 0 Å². The van der Waals surface area contributed by atoms with Gasteiger partial charge in [0.15, 0.2) is 0 Å². The molecule has 1 heterocycles. The third kappa shape index (κ3) is 1.65. The van der Waals surface area contributed by atoms with E-state index in [0.717, 1.165) is 11.8 Å². The molecular formula is C13H23N2O+. The number of hydrogen-bond acceptors (Lipinski definition) is 2. The van der Waals surface area contributed by atoms with Crippen LogP contribution in [0.3, 0.4) is 0 Å². The summed E-state index contributed by atoms with van der Waals surface area (Å²) in [7, 11) is 0. The first kappa shape index (κ1) is 10.6. The normalized spacial score (nSPS) is 42.8. The highest BCUT2D eigenvalue weighted by Gasteiger charge is 2.46. The minimum Gasteiger partial charge on any atom is -0.411 e. The zero-order valence-electron chi connectivity index (χ0n) is 9.99. The van der Waals surface area contributed by atoms with Crippen LogP contribution in [0.25, 0.3) is 0 Å². The van der Waals surface area contributed by atoms with Gasteiger partial charge in [0.05, 0.1) is 30.8 Å². The Morgan fingerprint density at radius 2 is 1.75 bits per heavy atom. The number of fused-ring (bicyclic) bond motifs is 2. The summed E-state index contributed by atoms with van der Waals surface area (Å²) < 4.78 is 0. The van der Waals surface area contributed by atoms with Crippen molar-refractivity contribution in [2.75, 3.05) is 13.1 Å². The van der Waals surface area contributed by atoms with Gasteiger partial charge in [-0.2, -0.15) is 0 Å². The summed E-state index contributed by atoms with van der Waals surface area (Å²) in [6, 6.07) is 0.768. The SMILES string of the molecule is ON=C1[C@H]2CC[C@H]1[C@@H]([NH+]1CCCCC1)CC2. The van der Waals surface area contributed by atoms with Gasteiger partial charge >= 0.3 is 0 Å². The fourth-order valence-corrected chi connectivity index (χ4v) is 4.28. The van der Waals surface area contributed by atoms with E-state index in [4.69, 9.17) is 5.21 Å². The van der Waals surface area contributed by atoms with Gasteiger partial charge < -0.3 is 10.1 Å². The van der Waals surface area contributed by atoms with Crippen molar-refractivity contribution in [1.29, 1.82) is 0 Å². The molecule has 0 spiro atoms. The quantitative estimate of drug-likeness (QED) is 0.506. The van der Waals surface area contributed by atoms with Crippen molar-refractivity contribution in [1.82, 2.24) is 0 Å². The molecule has 1 saturated heterocycles. The minimum atomic E-state index is 0.608. The lowest BCUT2D eigenvalue weighted by atomic mass is 9.81. The molecule has 0 aromatic rings. The Labute approximate surface area is 97.5 Å². The largest absolute Gasteiger partial charge is 0.411 e. The first-order chi connectivity index (χ1) is 7.90. The number of nitrogens with zero attached hydrogens (tertiary/aromatic N) is 1. The fourth-order valence-electron chi connectivity index (χ4n) is 4.28. The molecule has 3 heteroatoms. The molecule has 3 atom stereocenters. The van der Waals surface area contributed by atoms with Crippen molar-refractivity contribution in [2.45, 2.75) is 51.0 Å². The van der Waals surface area contributed by atoms with E-state index in [0.29, 0.717) is 11.8 Å². The van der Waals surface area contributed by atoms with Gasteiger partial charge in [0.1, 0.15) is 0 Å². The zero-order chi connectivity index (χ0) is 11.0. The Bertz CT molecular complexity index is 284. The molecule has 0 aromatic heterocycles. The maximum absolute atomic E-state index is 9.17. The van der Waals surface area contributed by atoms with Crippen LogP contribution in [-0.4, -0.2) is 30.1 Å². The highest BCUT2D eigenvalue weighted by atomic mass is 16.4. The summed E-state index contributed by atoms with van der Waals surface area (Å²) in [5.41, 5.74) is 1.15. The number of hydrogen-bond donors (Lipinski definition) is 2. The van der Waals surface area contributed by atoms with Crippen molar-refractivity contribution >= 4 is 5.71 Å². The maximum atomic E-state index is 9.17. The number of quaternary nitrogens is 1. The lowest BCUT2D eigenvalue weighted by Crippen LogP contribution is -3.17. The number of piperidine rings is 1. The van der Waals surface area contributed by atoms with Crippen LogP contribution in [0.4, 0.5) is 0 Å². The van der Waals surface area contributed by atoms with Crippen LogP contribution < -0.4 is 4.90 Å². The molecule has 3 nitrogen and oxygen atoms in total. The Morgan fingerprint density at radius 3 is 2.50 bits per heavy atom. The summed E-state index contributed by atoms with van der Waals surface area (Å²) >= 11 is 0. The molecule has 16 heavy (non-hydrogen) atoms. The first-order valence-electron chi connectivity index (χ1n) is 6.96. The van der Waals surface area contributed by atoms with Gasteiger partial charge in [-0.05, 0) is 38.5 Å². The van der Waals surface area contributed by atoms with Crippen LogP contribution in [0.1, 0.15) is 44.9 Å². The molecule has 3 rings (SSSR count). The average Bonchev–Trinajstić information content (AvgIpc) is 2.63. The summed E-state index contributed by atoms with van der Waals surface area (Å²) in [4.78, 5) is 1.80. The van der Waals surface area contributed by atoms with E-state index in [1.807, 2.05) is 0 Å². The predicted octanol–water partition coefficient (Wildman–Crippen LogP) is 1.07. The molecule has 0 amide bonds. The molecule has 0 radical (unpaired) electrons. The maximum Gasteiger partial charge on any atom is 0.0957 e. The highest BCUT2D eigenvalue weighted by molar-refractivity contribution is 5.91. The van der Waals surface area contributed by atoms with Gasteiger partial charge in [-0.3, -0.25) is 0 Å². The lowest BCUT2D eigenvalue weighted by Gasteiger charge is -2.37. The van der Waals surface area contributed by atoms with Gasteiger partial charge in [0.25, 0.3) is 0 Å². The molecule has 0 unspecified atom stereocenters. The van der Waals surface area contributed by atoms with Gasteiger partial charge in [0, 0.05) is 12.3 Å². The second-order valence-electron chi connectivity index (χ2n) is 5.81. The summed E-state index contributed by atoms with van der Waals surface area (Å²) in [5.74, 6) is 1.23. The Hall–Kier alpha value is -0.570. The van der Waals surface area contributed by atoms with Crippen LogP contribution in [0.15, 0.2) is 5.16 Å². The molecule has 2 N–H and O–H groups in total. The topological polar surface area (TPSA) is 37.0 Å². The van der Waals surface area contributed by atoms with E-state index in [9.17, 15) is 0 Å². The van der Waals surface area contributed by atoms with E-state index < -0.39 is 0 Å². The zero-order valence-corrected chi connectivity index (χ0v) is 9.99. The molecule has 2 saturated carbocycles. The second kappa shape index (κ2) is 4.36. The average molecular weight is 223 g/mol. The summed E-state index contributed by atoms with van der Waals surface area (Å²) in [5, 5.41) is 12.8. The molecule has 1 aliphatic heterocycles. The van der Waals surface area contributed by atoms with Crippen LogP contribution in [0.2, 0.25) is 0 Å². The van der Waals surface area contributed by atoms with Crippen molar-refractivity contribution in [2.24, 2.45) is 17.0 Å². The third-order valence-electron chi connectivity index (χ3n) is 5.07. The van der Waals surface area contributed by atoms with E-state index in [-0.39, 0.29) is 0 Å². The molecule has 3 fully saturated rings. The number of rotatable bonds is 1. The van der Waals surface area contributed by atoms with Crippen molar-refractivity contribution < 1.29 is 10.1 Å². The van der Waals surface area contributed by atoms with Crippen LogP contribution in [-0.2, 0) is 0 Å². The lowest BCUT2D eigenvalue weighted by molar-refractivity contribution is -0.933. The third-order valence-corrected chi connectivity index (χ3v) is 5.07. The molecule has 0 aromatic carbocycles. The number of oxime groups is 1. The summed E-state index contributed by atoms with van der Waals surface area (Å²) in [6.07, 6.45) is 9.39. The molecule has 90 valence electrons.